The Bertz CT molecular complexity index is 744. The minimum absolute atomic E-state index is 0.271. The summed E-state index contributed by atoms with van der Waals surface area (Å²) in [6.07, 6.45) is 0. The van der Waals surface area contributed by atoms with Crippen molar-refractivity contribution in [3.63, 3.8) is 0 Å². The summed E-state index contributed by atoms with van der Waals surface area (Å²) >= 11 is 1.25. The number of carbonyl (C=O) groups is 2. The van der Waals surface area contributed by atoms with Crippen LogP contribution in [0.5, 0.6) is 11.5 Å². The number of methoxy groups -OCH3 is 1. The number of nitrogens with zero attached hydrogens (tertiary/aromatic N) is 1. The van der Waals surface area contributed by atoms with Gasteiger partial charge in [-0.15, -0.1) is 11.3 Å². The lowest BCUT2D eigenvalue weighted by Crippen LogP contribution is -2.32. The number of thiazole rings is 1. The van der Waals surface area contributed by atoms with E-state index in [-0.39, 0.29) is 19.8 Å². The number of benzene rings is 1. The molecular formula is C17H20N2O5S. The minimum Gasteiger partial charge on any atom is -0.493 e. The molecule has 0 aliphatic rings. The highest BCUT2D eigenvalue weighted by Crippen LogP contribution is 2.25. The molecule has 8 heteroatoms. The molecule has 0 aliphatic heterocycles. The van der Waals surface area contributed by atoms with E-state index in [0.717, 1.165) is 5.01 Å². The van der Waals surface area contributed by atoms with Crippen molar-refractivity contribution in [3.8, 4) is 11.5 Å². The maximum absolute atomic E-state index is 11.9. The standard InChI is InChI=1S/C17H20N2O5S/c1-11-16(25-12(2)19-11)17(21)24-10-15(20)18-8-9-23-14-7-5-4-6-13(14)22-3/h4-7H,8-10H2,1-3H3,(H,18,20). The van der Waals surface area contributed by atoms with Crippen molar-refractivity contribution in [2.45, 2.75) is 13.8 Å². The summed E-state index contributed by atoms with van der Waals surface area (Å²) in [5.74, 6) is 0.291. The zero-order valence-electron chi connectivity index (χ0n) is 14.3. The number of nitrogens with one attached hydrogen (secondary N) is 1. The Kier molecular flexibility index (Phi) is 6.76. The third kappa shape index (κ3) is 5.46. The molecule has 0 radical (unpaired) electrons. The number of aromatic nitrogens is 1. The fraction of sp³-hybridized carbons (Fsp3) is 0.353. The highest BCUT2D eigenvalue weighted by Gasteiger charge is 2.16. The molecule has 0 spiro atoms. The number of rotatable bonds is 8. The van der Waals surface area contributed by atoms with E-state index in [1.807, 2.05) is 19.1 Å². The van der Waals surface area contributed by atoms with Gasteiger partial charge in [0.1, 0.15) is 11.5 Å². The van der Waals surface area contributed by atoms with Crippen LogP contribution in [0.25, 0.3) is 0 Å². The van der Waals surface area contributed by atoms with Gasteiger partial charge in [0.15, 0.2) is 18.1 Å². The highest BCUT2D eigenvalue weighted by atomic mass is 32.1. The first kappa shape index (κ1) is 18.7. The third-order valence-corrected chi connectivity index (χ3v) is 4.23. The van der Waals surface area contributed by atoms with Crippen molar-refractivity contribution in [3.05, 3.63) is 39.8 Å². The van der Waals surface area contributed by atoms with Gasteiger partial charge in [0, 0.05) is 0 Å². The maximum Gasteiger partial charge on any atom is 0.350 e. The summed E-state index contributed by atoms with van der Waals surface area (Å²) in [5, 5.41) is 3.40. The Balaban J connectivity index is 1.69. The second-order valence-electron chi connectivity index (χ2n) is 5.07. The predicted octanol–water partition coefficient (Wildman–Crippen LogP) is 2.12. The van der Waals surface area contributed by atoms with Gasteiger partial charge in [-0.1, -0.05) is 12.1 Å². The van der Waals surface area contributed by atoms with E-state index in [1.165, 1.54) is 11.3 Å². The van der Waals surface area contributed by atoms with E-state index >= 15 is 0 Å². The number of hydrogen-bond acceptors (Lipinski definition) is 7. The van der Waals surface area contributed by atoms with Crippen LogP contribution in [0.3, 0.4) is 0 Å². The Hall–Kier alpha value is -2.61. The lowest BCUT2D eigenvalue weighted by Gasteiger charge is -2.11. The SMILES string of the molecule is COc1ccccc1OCCNC(=O)COC(=O)c1sc(C)nc1C. The predicted molar refractivity (Wildman–Crippen MR) is 93.4 cm³/mol. The average Bonchev–Trinajstić information content (AvgIpc) is 2.95. The first-order chi connectivity index (χ1) is 12.0. The summed E-state index contributed by atoms with van der Waals surface area (Å²) in [6, 6.07) is 7.24. The van der Waals surface area contributed by atoms with Crippen molar-refractivity contribution in [2.75, 3.05) is 26.9 Å². The zero-order valence-corrected chi connectivity index (χ0v) is 15.1. The molecule has 134 valence electrons. The summed E-state index contributed by atoms with van der Waals surface area (Å²) in [5.41, 5.74) is 0.609. The van der Waals surface area contributed by atoms with Gasteiger partial charge in [0.2, 0.25) is 0 Å². The molecule has 0 bridgehead atoms. The molecule has 1 aromatic carbocycles. The lowest BCUT2D eigenvalue weighted by molar-refractivity contribution is -0.124. The summed E-state index contributed by atoms with van der Waals surface area (Å²) in [7, 11) is 1.56. The number of aryl methyl sites for hydroxylation is 2. The first-order valence-electron chi connectivity index (χ1n) is 7.65. The molecule has 25 heavy (non-hydrogen) atoms. The van der Waals surface area contributed by atoms with Crippen molar-refractivity contribution in [2.24, 2.45) is 0 Å². The Morgan fingerprint density at radius 2 is 1.92 bits per heavy atom. The summed E-state index contributed by atoms with van der Waals surface area (Å²) < 4.78 is 15.7. The van der Waals surface area contributed by atoms with Crippen LogP contribution in [-0.2, 0) is 9.53 Å². The number of hydrogen-bond donors (Lipinski definition) is 1. The molecule has 0 unspecified atom stereocenters. The van der Waals surface area contributed by atoms with E-state index in [0.29, 0.717) is 22.1 Å². The minimum atomic E-state index is -0.538. The molecular weight excluding hydrogens is 344 g/mol. The highest BCUT2D eigenvalue weighted by molar-refractivity contribution is 7.13. The summed E-state index contributed by atoms with van der Waals surface area (Å²) in [4.78, 5) is 28.2. The summed E-state index contributed by atoms with van der Waals surface area (Å²) in [6.45, 7) is 3.75. The number of ether oxygens (including phenoxy) is 3. The van der Waals surface area contributed by atoms with Gasteiger partial charge in [-0.25, -0.2) is 9.78 Å². The van der Waals surface area contributed by atoms with Gasteiger partial charge < -0.3 is 19.5 Å². The van der Waals surface area contributed by atoms with Crippen LogP contribution in [0.15, 0.2) is 24.3 Å². The number of carbonyl (C=O) groups excluding carboxylic acids is 2. The lowest BCUT2D eigenvalue weighted by atomic mass is 10.3. The molecule has 2 aromatic rings. The molecule has 0 aliphatic carbocycles. The molecule has 1 amide bonds. The topological polar surface area (TPSA) is 86.8 Å². The normalized spacial score (nSPS) is 10.2. The fourth-order valence-corrected chi connectivity index (χ4v) is 2.87. The Morgan fingerprint density at radius 3 is 2.56 bits per heavy atom. The van der Waals surface area contributed by atoms with Crippen LogP contribution in [-0.4, -0.2) is 43.7 Å². The largest absolute Gasteiger partial charge is 0.493 e. The monoisotopic (exact) mass is 364 g/mol. The van der Waals surface area contributed by atoms with Gasteiger partial charge >= 0.3 is 5.97 Å². The van der Waals surface area contributed by atoms with Gasteiger partial charge in [0.25, 0.3) is 5.91 Å². The molecule has 1 N–H and O–H groups in total. The van der Waals surface area contributed by atoms with Crippen LogP contribution < -0.4 is 14.8 Å². The molecule has 2 rings (SSSR count). The zero-order chi connectivity index (χ0) is 18.2. The number of para-hydroxylation sites is 2. The van der Waals surface area contributed by atoms with Gasteiger partial charge in [-0.05, 0) is 26.0 Å². The second-order valence-corrected chi connectivity index (χ2v) is 6.28. The van der Waals surface area contributed by atoms with Gasteiger partial charge in [0.05, 0.1) is 24.4 Å². The maximum atomic E-state index is 11.9. The van der Waals surface area contributed by atoms with Crippen molar-refractivity contribution in [1.29, 1.82) is 0 Å². The van der Waals surface area contributed by atoms with Crippen LogP contribution in [0, 0.1) is 13.8 Å². The fourth-order valence-electron chi connectivity index (χ4n) is 2.06. The number of amides is 1. The van der Waals surface area contributed by atoms with E-state index in [1.54, 1.807) is 26.2 Å². The van der Waals surface area contributed by atoms with E-state index in [9.17, 15) is 9.59 Å². The molecule has 1 heterocycles. The van der Waals surface area contributed by atoms with Crippen LogP contribution in [0.2, 0.25) is 0 Å². The molecule has 7 nitrogen and oxygen atoms in total. The number of esters is 1. The molecule has 0 atom stereocenters. The quantitative estimate of drug-likeness (QED) is 0.570. The van der Waals surface area contributed by atoms with Crippen LogP contribution in [0.4, 0.5) is 0 Å². The van der Waals surface area contributed by atoms with Crippen LogP contribution >= 0.6 is 11.3 Å². The van der Waals surface area contributed by atoms with Crippen molar-refractivity contribution < 1.29 is 23.8 Å². The second kappa shape index (κ2) is 9.03. The van der Waals surface area contributed by atoms with Crippen molar-refractivity contribution >= 4 is 23.2 Å². The van der Waals surface area contributed by atoms with E-state index < -0.39 is 11.9 Å². The Labute approximate surface area is 149 Å². The van der Waals surface area contributed by atoms with Gasteiger partial charge in [-0.3, -0.25) is 4.79 Å². The Morgan fingerprint density at radius 1 is 1.20 bits per heavy atom. The van der Waals surface area contributed by atoms with E-state index in [4.69, 9.17) is 14.2 Å². The average molecular weight is 364 g/mol. The van der Waals surface area contributed by atoms with E-state index in [2.05, 4.69) is 10.3 Å². The smallest absolute Gasteiger partial charge is 0.350 e. The van der Waals surface area contributed by atoms with Crippen molar-refractivity contribution in [1.82, 2.24) is 10.3 Å². The molecule has 0 saturated heterocycles. The molecule has 0 saturated carbocycles. The third-order valence-electron chi connectivity index (χ3n) is 3.17. The van der Waals surface area contributed by atoms with Crippen LogP contribution in [0.1, 0.15) is 20.4 Å². The molecule has 0 fully saturated rings. The van der Waals surface area contributed by atoms with Gasteiger partial charge in [-0.2, -0.15) is 0 Å². The molecule has 1 aromatic heterocycles. The first-order valence-corrected chi connectivity index (χ1v) is 8.46.